The van der Waals surface area contributed by atoms with Gasteiger partial charge in [-0.15, -0.1) is 0 Å². The highest BCUT2D eigenvalue weighted by atomic mass is 35.5. The first-order valence-electron chi connectivity index (χ1n) is 11.0. The summed E-state index contributed by atoms with van der Waals surface area (Å²) in [5.74, 6) is -1.76. The zero-order valence-electron chi connectivity index (χ0n) is 19.7. The normalized spacial score (nSPS) is 10.3. The summed E-state index contributed by atoms with van der Waals surface area (Å²) < 4.78 is 0. The van der Waals surface area contributed by atoms with Crippen LogP contribution in [0.3, 0.4) is 0 Å². The Hall–Kier alpha value is -3.68. The second kappa shape index (κ2) is 14.8. The summed E-state index contributed by atoms with van der Waals surface area (Å²) >= 11 is 11.7. The number of halogens is 2. The molecule has 0 heterocycles. The van der Waals surface area contributed by atoms with E-state index in [-0.39, 0.29) is 13.2 Å². The number of carboxylic acids is 2. The standard InChI is InChI=1S/C15H14Cl2O2.2C7H6O2/c16-13-5-1-11(2-6-13)15(9-18,10-19)12-3-7-14(17)8-4-12;2*8-7(9)6-4-2-1-3-5-6/h1-8,18-19H,9-10H2;2*1-5H,(H,8,9). The third kappa shape index (κ3) is 8.74. The van der Waals surface area contributed by atoms with Crippen LogP contribution in [-0.2, 0) is 5.41 Å². The molecule has 0 saturated carbocycles. The van der Waals surface area contributed by atoms with Crippen LogP contribution in [0.15, 0.2) is 109 Å². The van der Waals surface area contributed by atoms with E-state index in [9.17, 15) is 19.8 Å². The molecule has 0 aliphatic heterocycles. The SMILES string of the molecule is O=C(O)c1ccccc1.O=C(O)c1ccccc1.OCC(CO)(c1ccc(Cl)cc1)c1ccc(Cl)cc1. The van der Waals surface area contributed by atoms with Gasteiger partial charge in [-0.25, -0.2) is 9.59 Å². The lowest BCUT2D eigenvalue weighted by Crippen LogP contribution is -2.36. The summed E-state index contributed by atoms with van der Waals surface area (Å²) in [5.41, 5.74) is 1.43. The lowest BCUT2D eigenvalue weighted by molar-refractivity contribution is 0.0686. The van der Waals surface area contributed by atoms with Crippen LogP contribution in [0.2, 0.25) is 10.0 Å². The molecule has 4 aromatic rings. The highest BCUT2D eigenvalue weighted by Gasteiger charge is 2.33. The average Bonchev–Trinajstić information content (AvgIpc) is 2.93. The topological polar surface area (TPSA) is 115 Å². The van der Waals surface area contributed by atoms with Gasteiger partial charge in [-0.05, 0) is 59.7 Å². The van der Waals surface area contributed by atoms with E-state index in [1.165, 1.54) is 0 Å². The minimum atomic E-state index is -0.879. The van der Waals surface area contributed by atoms with Gasteiger partial charge in [0.15, 0.2) is 0 Å². The van der Waals surface area contributed by atoms with Crippen LogP contribution in [0.5, 0.6) is 0 Å². The van der Waals surface area contributed by atoms with E-state index in [0.717, 1.165) is 11.1 Å². The largest absolute Gasteiger partial charge is 0.478 e. The molecule has 8 heteroatoms. The quantitative estimate of drug-likeness (QED) is 0.237. The van der Waals surface area contributed by atoms with E-state index in [2.05, 4.69) is 0 Å². The van der Waals surface area contributed by atoms with Gasteiger partial charge in [-0.1, -0.05) is 83.9 Å². The predicted octanol–water partition coefficient (Wildman–Crippen LogP) is 6.03. The molecule has 0 radical (unpaired) electrons. The minimum Gasteiger partial charge on any atom is -0.478 e. The first kappa shape index (κ1) is 29.5. The fourth-order valence-corrected chi connectivity index (χ4v) is 3.53. The summed E-state index contributed by atoms with van der Waals surface area (Å²) in [5, 5.41) is 37.6. The molecule has 0 aliphatic carbocycles. The molecule has 4 aromatic carbocycles. The van der Waals surface area contributed by atoms with Crippen LogP contribution in [0.25, 0.3) is 0 Å². The second-order valence-electron chi connectivity index (χ2n) is 7.75. The number of carboxylic acid groups (broad SMARTS) is 2. The molecule has 0 spiro atoms. The molecular formula is C29H26Cl2O6. The Kier molecular flexibility index (Phi) is 11.8. The summed E-state index contributed by atoms with van der Waals surface area (Å²) in [4.78, 5) is 20.4. The highest BCUT2D eigenvalue weighted by molar-refractivity contribution is 6.30. The summed E-state index contributed by atoms with van der Waals surface area (Å²) in [7, 11) is 0. The number of aromatic carboxylic acids is 2. The monoisotopic (exact) mass is 540 g/mol. The van der Waals surface area contributed by atoms with Crippen LogP contribution in [0.4, 0.5) is 0 Å². The van der Waals surface area contributed by atoms with Crippen LogP contribution in [0, 0.1) is 0 Å². The molecule has 0 saturated heterocycles. The van der Waals surface area contributed by atoms with Crippen molar-refractivity contribution in [2.45, 2.75) is 5.41 Å². The van der Waals surface area contributed by atoms with Gasteiger partial charge in [0.2, 0.25) is 0 Å². The number of aliphatic hydroxyl groups excluding tert-OH is 2. The molecule has 0 amide bonds. The molecule has 0 atom stereocenters. The van der Waals surface area contributed by atoms with E-state index in [1.54, 1.807) is 84.9 Å². The average molecular weight is 541 g/mol. The van der Waals surface area contributed by atoms with Gasteiger partial charge in [0.1, 0.15) is 0 Å². The molecule has 0 unspecified atom stereocenters. The maximum atomic E-state index is 10.2. The Morgan fingerprint density at radius 1 is 0.541 bits per heavy atom. The van der Waals surface area contributed by atoms with Gasteiger partial charge >= 0.3 is 11.9 Å². The van der Waals surface area contributed by atoms with Crippen molar-refractivity contribution < 1.29 is 30.0 Å². The number of hydrogen-bond donors (Lipinski definition) is 4. The number of carbonyl (C=O) groups is 2. The second-order valence-corrected chi connectivity index (χ2v) is 8.63. The smallest absolute Gasteiger partial charge is 0.335 e. The Bertz CT molecular complexity index is 1140. The van der Waals surface area contributed by atoms with Crippen LogP contribution in [0.1, 0.15) is 31.8 Å². The van der Waals surface area contributed by atoms with Crippen molar-refractivity contribution in [3.63, 3.8) is 0 Å². The van der Waals surface area contributed by atoms with Gasteiger partial charge in [-0.3, -0.25) is 0 Å². The fourth-order valence-electron chi connectivity index (χ4n) is 3.28. The van der Waals surface area contributed by atoms with Crippen molar-refractivity contribution in [2.24, 2.45) is 0 Å². The first-order chi connectivity index (χ1) is 17.7. The Morgan fingerprint density at radius 3 is 1.05 bits per heavy atom. The molecule has 6 nitrogen and oxygen atoms in total. The zero-order chi connectivity index (χ0) is 27.3. The molecule has 4 N–H and O–H groups in total. The van der Waals surface area contributed by atoms with E-state index in [0.29, 0.717) is 21.2 Å². The summed E-state index contributed by atoms with van der Waals surface area (Å²) in [6.45, 7) is -0.403. The lowest BCUT2D eigenvalue weighted by Gasteiger charge is -2.31. The van der Waals surface area contributed by atoms with Gasteiger partial charge in [0.05, 0.1) is 29.8 Å². The van der Waals surface area contributed by atoms with Crippen molar-refractivity contribution >= 4 is 35.1 Å². The molecule has 192 valence electrons. The van der Waals surface area contributed by atoms with Crippen LogP contribution in [-0.4, -0.2) is 45.6 Å². The Morgan fingerprint density at radius 2 is 0.838 bits per heavy atom. The third-order valence-electron chi connectivity index (χ3n) is 5.37. The molecule has 0 fully saturated rings. The third-order valence-corrected chi connectivity index (χ3v) is 5.88. The predicted molar refractivity (Wildman–Crippen MR) is 145 cm³/mol. The molecule has 37 heavy (non-hydrogen) atoms. The Balaban J connectivity index is 0.000000222. The summed E-state index contributed by atoms with van der Waals surface area (Å²) in [6.07, 6.45) is 0. The van der Waals surface area contributed by atoms with E-state index in [1.807, 2.05) is 24.3 Å². The molecule has 4 rings (SSSR count). The lowest BCUT2D eigenvalue weighted by atomic mass is 9.76. The van der Waals surface area contributed by atoms with E-state index in [4.69, 9.17) is 33.4 Å². The molecular weight excluding hydrogens is 515 g/mol. The van der Waals surface area contributed by atoms with Crippen LogP contribution >= 0.6 is 23.2 Å². The fraction of sp³-hybridized carbons (Fsp3) is 0.103. The molecule has 0 aliphatic rings. The van der Waals surface area contributed by atoms with Gasteiger partial charge in [0.25, 0.3) is 0 Å². The van der Waals surface area contributed by atoms with Crippen molar-refractivity contribution in [2.75, 3.05) is 13.2 Å². The first-order valence-corrected chi connectivity index (χ1v) is 11.8. The van der Waals surface area contributed by atoms with Crippen molar-refractivity contribution in [3.05, 3.63) is 141 Å². The van der Waals surface area contributed by atoms with Crippen LogP contribution < -0.4 is 0 Å². The maximum absolute atomic E-state index is 10.2. The minimum absolute atomic E-state index is 0.202. The summed E-state index contributed by atoms with van der Waals surface area (Å²) in [6, 6.07) is 30.8. The zero-order valence-corrected chi connectivity index (χ0v) is 21.2. The highest BCUT2D eigenvalue weighted by Crippen LogP contribution is 2.33. The van der Waals surface area contributed by atoms with Gasteiger partial charge in [-0.2, -0.15) is 0 Å². The van der Waals surface area contributed by atoms with Gasteiger partial charge in [0, 0.05) is 10.0 Å². The van der Waals surface area contributed by atoms with Crippen molar-refractivity contribution in [1.29, 1.82) is 0 Å². The Labute approximate surface area is 225 Å². The molecule has 0 bridgehead atoms. The number of hydrogen-bond acceptors (Lipinski definition) is 4. The van der Waals surface area contributed by atoms with E-state index >= 15 is 0 Å². The molecule has 0 aromatic heterocycles. The van der Waals surface area contributed by atoms with E-state index < -0.39 is 17.4 Å². The number of rotatable bonds is 6. The van der Waals surface area contributed by atoms with Crippen molar-refractivity contribution in [1.82, 2.24) is 0 Å². The number of aliphatic hydroxyl groups is 2. The van der Waals surface area contributed by atoms with Gasteiger partial charge < -0.3 is 20.4 Å². The maximum Gasteiger partial charge on any atom is 0.335 e. The van der Waals surface area contributed by atoms with Crippen molar-refractivity contribution in [3.8, 4) is 0 Å². The number of benzene rings is 4.